The van der Waals surface area contributed by atoms with E-state index in [2.05, 4.69) is 15.3 Å². The standard InChI is InChI=1S/C23H26N4O4/c1-4-11-27-20-19(22(29)26-23(27)30)15(12-17(24-20)14-9-10-14)21(28)25-16-7-5-6-8-18(16)31-13(2)3/h5-8,12-14H,4,9-11H2,1-3H3,(H,25,28)(H,26,29,30). The normalized spacial score (nSPS) is 13.5. The number of fused-ring (bicyclic) bond motifs is 1. The van der Waals surface area contributed by atoms with Crippen molar-refractivity contribution < 1.29 is 9.53 Å². The molecule has 1 saturated carbocycles. The second-order valence-electron chi connectivity index (χ2n) is 8.10. The van der Waals surface area contributed by atoms with Crippen molar-refractivity contribution in [2.24, 2.45) is 0 Å². The van der Waals surface area contributed by atoms with Crippen LogP contribution in [0.3, 0.4) is 0 Å². The number of pyridine rings is 1. The Hall–Kier alpha value is -3.42. The third-order valence-electron chi connectivity index (χ3n) is 5.15. The van der Waals surface area contributed by atoms with Crippen LogP contribution in [0.15, 0.2) is 39.9 Å². The molecule has 31 heavy (non-hydrogen) atoms. The Morgan fingerprint density at radius 1 is 1.29 bits per heavy atom. The molecule has 1 aliphatic rings. The van der Waals surface area contributed by atoms with E-state index in [0.717, 1.165) is 18.5 Å². The van der Waals surface area contributed by atoms with Gasteiger partial charge in [-0.05, 0) is 51.3 Å². The van der Waals surface area contributed by atoms with Gasteiger partial charge in [0.2, 0.25) is 0 Å². The summed E-state index contributed by atoms with van der Waals surface area (Å²) in [5, 5.41) is 2.99. The fourth-order valence-corrected chi connectivity index (χ4v) is 3.61. The van der Waals surface area contributed by atoms with Crippen molar-refractivity contribution in [2.75, 3.05) is 5.32 Å². The molecule has 1 fully saturated rings. The molecule has 0 spiro atoms. The van der Waals surface area contributed by atoms with Crippen LogP contribution in [-0.2, 0) is 6.54 Å². The van der Waals surface area contributed by atoms with E-state index in [1.807, 2.05) is 26.8 Å². The number of ether oxygens (including phenoxy) is 1. The van der Waals surface area contributed by atoms with E-state index in [4.69, 9.17) is 4.74 Å². The first-order valence-corrected chi connectivity index (χ1v) is 10.6. The first-order valence-electron chi connectivity index (χ1n) is 10.6. The maximum Gasteiger partial charge on any atom is 0.329 e. The second-order valence-corrected chi connectivity index (χ2v) is 8.10. The summed E-state index contributed by atoms with van der Waals surface area (Å²) in [6.07, 6.45) is 2.59. The van der Waals surface area contributed by atoms with E-state index in [9.17, 15) is 14.4 Å². The van der Waals surface area contributed by atoms with Crippen molar-refractivity contribution in [2.45, 2.75) is 58.6 Å². The zero-order chi connectivity index (χ0) is 22.1. The number of aromatic amines is 1. The lowest BCUT2D eigenvalue weighted by atomic mass is 10.1. The minimum Gasteiger partial charge on any atom is -0.489 e. The van der Waals surface area contributed by atoms with E-state index in [1.54, 1.807) is 24.3 Å². The molecule has 8 nitrogen and oxygen atoms in total. The van der Waals surface area contributed by atoms with Gasteiger partial charge in [-0.2, -0.15) is 0 Å². The molecule has 0 saturated heterocycles. The molecule has 0 atom stereocenters. The number of hydrogen-bond acceptors (Lipinski definition) is 5. The van der Waals surface area contributed by atoms with Crippen LogP contribution in [0, 0.1) is 0 Å². The molecule has 0 aliphatic heterocycles. The van der Waals surface area contributed by atoms with Crippen LogP contribution < -0.4 is 21.3 Å². The Kier molecular flexibility index (Phi) is 5.63. The molecule has 3 aromatic rings. The number of benzene rings is 1. The van der Waals surface area contributed by atoms with Crippen molar-refractivity contribution >= 4 is 22.6 Å². The molecule has 0 bridgehead atoms. The van der Waals surface area contributed by atoms with Crippen LogP contribution in [-0.4, -0.2) is 26.5 Å². The number of anilines is 1. The number of nitrogens with one attached hydrogen (secondary N) is 2. The molecule has 2 heterocycles. The largest absolute Gasteiger partial charge is 0.489 e. The number of hydrogen-bond donors (Lipinski definition) is 2. The molecular weight excluding hydrogens is 396 g/mol. The van der Waals surface area contributed by atoms with Gasteiger partial charge in [-0.3, -0.25) is 19.1 Å². The van der Waals surface area contributed by atoms with E-state index < -0.39 is 17.2 Å². The Labute approximate surface area is 179 Å². The van der Waals surface area contributed by atoms with Gasteiger partial charge in [-0.15, -0.1) is 0 Å². The Morgan fingerprint density at radius 2 is 2.03 bits per heavy atom. The predicted octanol–water partition coefficient (Wildman–Crippen LogP) is 3.41. The quantitative estimate of drug-likeness (QED) is 0.607. The summed E-state index contributed by atoms with van der Waals surface area (Å²) in [6.45, 7) is 6.15. The molecule has 0 radical (unpaired) electrons. The number of aryl methyl sites for hydroxylation is 1. The van der Waals surface area contributed by atoms with E-state index >= 15 is 0 Å². The van der Waals surface area contributed by atoms with Crippen molar-refractivity contribution in [3.05, 3.63) is 62.4 Å². The summed E-state index contributed by atoms with van der Waals surface area (Å²) in [5.74, 6) is 0.349. The molecule has 1 aliphatic carbocycles. The average Bonchev–Trinajstić information content (AvgIpc) is 3.56. The van der Waals surface area contributed by atoms with Crippen LogP contribution >= 0.6 is 0 Å². The lowest BCUT2D eigenvalue weighted by molar-refractivity contribution is 0.102. The number of aromatic nitrogens is 3. The second kappa shape index (κ2) is 8.37. The molecule has 1 aromatic carbocycles. The number of para-hydroxylation sites is 2. The average molecular weight is 422 g/mol. The smallest absolute Gasteiger partial charge is 0.329 e. The third-order valence-corrected chi connectivity index (χ3v) is 5.15. The molecule has 1 amide bonds. The highest BCUT2D eigenvalue weighted by Gasteiger charge is 2.29. The lowest BCUT2D eigenvalue weighted by Gasteiger charge is -2.16. The molecule has 162 valence electrons. The van der Waals surface area contributed by atoms with Crippen molar-refractivity contribution in [3.63, 3.8) is 0 Å². The summed E-state index contributed by atoms with van der Waals surface area (Å²) in [4.78, 5) is 45.4. The number of carbonyl (C=O) groups excluding carboxylic acids is 1. The topological polar surface area (TPSA) is 106 Å². The summed E-state index contributed by atoms with van der Waals surface area (Å²) < 4.78 is 7.23. The van der Waals surface area contributed by atoms with Crippen LogP contribution in [0.2, 0.25) is 0 Å². The van der Waals surface area contributed by atoms with Gasteiger partial charge < -0.3 is 10.1 Å². The first kappa shape index (κ1) is 20.8. The summed E-state index contributed by atoms with van der Waals surface area (Å²) >= 11 is 0. The monoisotopic (exact) mass is 422 g/mol. The summed E-state index contributed by atoms with van der Waals surface area (Å²) in [5.41, 5.74) is 0.590. The van der Waals surface area contributed by atoms with Crippen molar-refractivity contribution in [1.82, 2.24) is 14.5 Å². The van der Waals surface area contributed by atoms with Gasteiger partial charge in [0.1, 0.15) is 5.75 Å². The number of amides is 1. The SMILES string of the molecule is CCCn1c(=O)[nH]c(=O)c2c(C(=O)Nc3ccccc3OC(C)C)cc(C3CC3)nc21. The summed E-state index contributed by atoms with van der Waals surface area (Å²) in [7, 11) is 0. The molecule has 2 N–H and O–H groups in total. The fraction of sp³-hybridized carbons (Fsp3) is 0.391. The Bertz CT molecular complexity index is 1250. The van der Waals surface area contributed by atoms with E-state index in [1.165, 1.54) is 4.57 Å². The molecule has 2 aromatic heterocycles. The molecule has 0 unspecified atom stereocenters. The highest BCUT2D eigenvalue weighted by molar-refractivity contribution is 6.12. The Morgan fingerprint density at radius 3 is 2.71 bits per heavy atom. The van der Waals surface area contributed by atoms with Crippen LogP contribution in [0.1, 0.15) is 62.0 Å². The lowest BCUT2D eigenvalue weighted by Crippen LogP contribution is -2.32. The van der Waals surface area contributed by atoms with Gasteiger partial charge in [-0.1, -0.05) is 19.1 Å². The van der Waals surface area contributed by atoms with E-state index in [-0.39, 0.29) is 28.6 Å². The van der Waals surface area contributed by atoms with Gasteiger partial charge >= 0.3 is 5.69 Å². The van der Waals surface area contributed by atoms with Crippen molar-refractivity contribution in [3.8, 4) is 5.75 Å². The molecule has 8 heteroatoms. The van der Waals surface area contributed by atoms with Crippen LogP contribution in [0.4, 0.5) is 5.69 Å². The summed E-state index contributed by atoms with van der Waals surface area (Å²) in [6, 6.07) is 8.83. The fourth-order valence-electron chi connectivity index (χ4n) is 3.61. The van der Waals surface area contributed by atoms with Gasteiger partial charge in [0, 0.05) is 18.2 Å². The van der Waals surface area contributed by atoms with E-state index in [0.29, 0.717) is 24.4 Å². The van der Waals surface area contributed by atoms with Crippen LogP contribution in [0.25, 0.3) is 11.0 Å². The number of rotatable bonds is 7. The number of nitrogens with zero attached hydrogens (tertiary/aromatic N) is 2. The van der Waals surface area contributed by atoms with Gasteiger partial charge in [-0.25, -0.2) is 9.78 Å². The zero-order valence-corrected chi connectivity index (χ0v) is 17.9. The maximum absolute atomic E-state index is 13.3. The van der Waals surface area contributed by atoms with Gasteiger partial charge in [0.15, 0.2) is 5.65 Å². The molecule has 4 rings (SSSR count). The van der Waals surface area contributed by atoms with Crippen LogP contribution in [0.5, 0.6) is 5.75 Å². The first-order chi connectivity index (χ1) is 14.9. The predicted molar refractivity (Wildman–Crippen MR) is 119 cm³/mol. The molecular formula is C23H26N4O4. The zero-order valence-electron chi connectivity index (χ0n) is 17.9. The minimum atomic E-state index is -0.612. The maximum atomic E-state index is 13.3. The highest BCUT2D eigenvalue weighted by atomic mass is 16.5. The Balaban J connectivity index is 1.85. The number of carbonyl (C=O) groups is 1. The highest BCUT2D eigenvalue weighted by Crippen LogP contribution is 2.40. The van der Waals surface area contributed by atoms with Gasteiger partial charge in [0.05, 0.1) is 22.7 Å². The minimum absolute atomic E-state index is 0.0624. The number of H-pyrrole nitrogens is 1. The van der Waals surface area contributed by atoms with Crippen molar-refractivity contribution in [1.29, 1.82) is 0 Å². The van der Waals surface area contributed by atoms with Gasteiger partial charge in [0.25, 0.3) is 11.5 Å². The third kappa shape index (κ3) is 4.23.